The molecule has 1 amide bonds. The van der Waals surface area contributed by atoms with E-state index in [0.717, 1.165) is 36.3 Å². The summed E-state index contributed by atoms with van der Waals surface area (Å²) in [4.78, 5) is 14.7. The minimum atomic E-state index is -1.09. The van der Waals surface area contributed by atoms with Crippen LogP contribution in [0.5, 0.6) is 0 Å². The van der Waals surface area contributed by atoms with Crippen molar-refractivity contribution >= 4 is 17.5 Å². The maximum absolute atomic E-state index is 12.5. The first-order valence-corrected chi connectivity index (χ1v) is 9.65. The molecule has 0 heterocycles. The lowest BCUT2D eigenvalue weighted by atomic mass is 9.83. The van der Waals surface area contributed by atoms with Gasteiger partial charge in [0.25, 0.3) is 6.09 Å². The Morgan fingerprint density at radius 3 is 2.22 bits per heavy atom. The first-order chi connectivity index (χ1) is 12.7. The van der Waals surface area contributed by atoms with Crippen LogP contribution in [0.25, 0.3) is 0 Å². The van der Waals surface area contributed by atoms with E-state index in [1.807, 2.05) is 48.5 Å². The van der Waals surface area contributed by atoms with E-state index >= 15 is 0 Å². The fourth-order valence-corrected chi connectivity index (χ4v) is 3.83. The van der Waals surface area contributed by atoms with E-state index in [1.165, 1.54) is 0 Å². The standard InChI is InChI=1S/C23H32N2O2/c1-6-7-16-25(22(26)27,20-13-9-8-10-14-20)21-15-11-12-19(17-21)23(2,3)18-24(4)5/h8-15,17H,6-7,16,18H2,1-5H3. The third kappa shape index (κ3) is 4.57. The fraction of sp³-hybridized carbons (Fsp3) is 0.435. The summed E-state index contributed by atoms with van der Waals surface area (Å²) in [7, 11) is 4.11. The molecule has 4 nitrogen and oxygen atoms in total. The highest BCUT2D eigenvalue weighted by molar-refractivity contribution is 5.87. The predicted octanol–water partition coefficient (Wildman–Crippen LogP) is 4.31. The van der Waals surface area contributed by atoms with Crippen LogP contribution in [0.2, 0.25) is 0 Å². The van der Waals surface area contributed by atoms with Crippen LogP contribution in [-0.2, 0) is 5.41 Å². The second-order valence-corrected chi connectivity index (χ2v) is 8.16. The lowest BCUT2D eigenvalue weighted by Crippen LogP contribution is -2.57. The van der Waals surface area contributed by atoms with Crippen molar-refractivity contribution in [1.82, 2.24) is 9.38 Å². The SMILES string of the molecule is CCCC[N+](C(=O)[O-])(c1ccccc1)c1cccc(C(C)(C)CN(C)C)c1. The molecule has 0 aliphatic heterocycles. The molecule has 4 heteroatoms. The second kappa shape index (κ2) is 8.68. The number of benzene rings is 2. The average molecular weight is 369 g/mol. The van der Waals surface area contributed by atoms with Crippen molar-refractivity contribution in [2.75, 3.05) is 27.2 Å². The normalized spacial score (nSPS) is 14.1. The average Bonchev–Trinajstić information content (AvgIpc) is 2.62. The van der Waals surface area contributed by atoms with Crippen molar-refractivity contribution in [3.8, 4) is 0 Å². The molecule has 1 atom stereocenters. The van der Waals surface area contributed by atoms with E-state index in [4.69, 9.17) is 0 Å². The largest absolute Gasteiger partial charge is 0.498 e. The molecule has 0 aliphatic carbocycles. The van der Waals surface area contributed by atoms with Gasteiger partial charge in [-0.25, -0.2) is 4.48 Å². The van der Waals surface area contributed by atoms with E-state index < -0.39 is 6.09 Å². The molecule has 146 valence electrons. The van der Waals surface area contributed by atoms with Crippen LogP contribution in [0, 0.1) is 0 Å². The molecule has 2 rings (SSSR count). The first kappa shape index (κ1) is 21.1. The van der Waals surface area contributed by atoms with Crippen LogP contribution in [0.3, 0.4) is 0 Å². The molecule has 0 bridgehead atoms. The zero-order chi connectivity index (χ0) is 20.1. The van der Waals surface area contributed by atoms with E-state index in [1.54, 1.807) is 0 Å². The molecule has 0 saturated heterocycles. The van der Waals surface area contributed by atoms with Crippen molar-refractivity contribution < 1.29 is 9.90 Å². The van der Waals surface area contributed by atoms with Crippen molar-refractivity contribution in [2.45, 2.75) is 39.0 Å². The Morgan fingerprint density at radius 2 is 1.67 bits per heavy atom. The maximum Gasteiger partial charge on any atom is 0.268 e. The first-order valence-electron chi connectivity index (χ1n) is 9.65. The third-order valence-corrected chi connectivity index (χ3v) is 5.14. The molecule has 0 radical (unpaired) electrons. The van der Waals surface area contributed by atoms with Gasteiger partial charge in [0.05, 0.1) is 6.54 Å². The highest BCUT2D eigenvalue weighted by atomic mass is 16.4. The Bertz CT molecular complexity index is 756. The Morgan fingerprint density at radius 1 is 1.04 bits per heavy atom. The fourth-order valence-electron chi connectivity index (χ4n) is 3.83. The van der Waals surface area contributed by atoms with Crippen LogP contribution in [0.1, 0.15) is 39.2 Å². The van der Waals surface area contributed by atoms with Gasteiger partial charge in [-0.3, -0.25) is 0 Å². The molecule has 0 N–H and O–H groups in total. The van der Waals surface area contributed by atoms with Crippen molar-refractivity contribution in [3.63, 3.8) is 0 Å². The predicted molar refractivity (Wildman–Crippen MR) is 111 cm³/mol. The van der Waals surface area contributed by atoms with Crippen molar-refractivity contribution in [2.24, 2.45) is 0 Å². The zero-order valence-corrected chi connectivity index (χ0v) is 17.2. The molecule has 0 aliphatic rings. The molecular formula is C23H32N2O2. The summed E-state index contributed by atoms with van der Waals surface area (Å²) in [5.74, 6) is 0. The van der Waals surface area contributed by atoms with Gasteiger partial charge in [-0.15, -0.1) is 0 Å². The molecule has 0 spiro atoms. The number of carbonyl (C=O) groups excluding carboxylic acids is 1. The minimum Gasteiger partial charge on any atom is -0.498 e. The molecule has 1 unspecified atom stereocenters. The van der Waals surface area contributed by atoms with Crippen LogP contribution in [0.15, 0.2) is 54.6 Å². The summed E-state index contributed by atoms with van der Waals surface area (Å²) in [6.45, 7) is 7.80. The minimum absolute atomic E-state index is 0.0947. The highest BCUT2D eigenvalue weighted by Crippen LogP contribution is 2.37. The van der Waals surface area contributed by atoms with Gasteiger partial charge in [-0.1, -0.05) is 57.5 Å². The zero-order valence-electron chi connectivity index (χ0n) is 17.2. The Labute approximate surface area is 163 Å². The molecule has 2 aromatic carbocycles. The summed E-state index contributed by atoms with van der Waals surface area (Å²) < 4.78 is -0.277. The molecule has 27 heavy (non-hydrogen) atoms. The number of amides is 1. The highest BCUT2D eigenvalue weighted by Gasteiger charge is 2.36. The topological polar surface area (TPSA) is 43.4 Å². The van der Waals surface area contributed by atoms with Crippen LogP contribution >= 0.6 is 0 Å². The van der Waals surface area contributed by atoms with Gasteiger partial charge in [0.1, 0.15) is 11.4 Å². The molecule has 0 fully saturated rings. The summed E-state index contributed by atoms with van der Waals surface area (Å²) in [6.07, 6.45) is 0.636. The van der Waals surface area contributed by atoms with Crippen LogP contribution in [-0.4, -0.2) is 38.2 Å². The monoisotopic (exact) mass is 368 g/mol. The lowest BCUT2D eigenvalue weighted by Gasteiger charge is -2.38. The van der Waals surface area contributed by atoms with Gasteiger partial charge in [0.15, 0.2) is 0 Å². The quantitative estimate of drug-likeness (QED) is 0.652. The third-order valence-electron chi connectivity index (χ3n) is 5.14. The summed E-state index contributed by atoms with van der Waals surface area (Å²) in [5, 5.41) is 12.5. The maximum atomic E-state index is 12.5. The lowest BCUT2D eigenvalue weighted by molar-refractivity contribution is -0.260. The number of quaternary nitrogens is 1. The van der Waals surface area contributed by atoms with Gasteiger partial charge in [-0.2, -0.15) is 0 Å². The Balaban J connectivity index is 2.63. The molecule has 0 aromatic heterocycles. The number of nitrogens with zero attached hydrogens (tertiary/aromatic N) is 2. The van der Waals surface area contributed by atoms with E-state index in [9.17, 15) is 9.90 Å². The van der Waals surface area contributed by atoms with E-state index in [-0.39, 0.29) is 9.90 Å². The summed E-state index contributed by atoms with van der Waals surface area (Å²) in [5.41, 5.74) is 2.51. The van der Waals surface area contributed by atoms with E-state index in [2.05, 4.69) is 45.8 Å². The van der Waals surface area contributed by atoms with Gasteiger partial charge >= 0.3 is 0 Å². The van der Waals surface area contributed by atoms with Crippen molar-refractivity contribution in [3.05, 3.63) is 60.2 Å². The van der Waals surface area contributed by atoms with Gasteiger partial charge < -0.3 is 14.8 Å². The number of carboxylic acid groups (broad SMARTS) is 1. The molecule has 2 aromatic rings. The smallest absolute Gasteiger partial charge is 0.268 e. The number of para-hydroxylation sites is 1. The van der Waals surface area contributed by atoms with Gasteiger partial charge in [0, 0.05) is 36.2 Å². The molecular weight excluding hydrogens is 336 g/mol. The Kier molecular flexibility index (Phi) is 6.79. The van der Waals surface area contributed by atoms with Crippen molar-refractivity contribution in [1.29, 1.82) is 0 Å². The number of hydrogen-bond acceptors (Lipinski definition) is 3. The van der Waals surface area contributed by atoms with E-state index in [0.29, 0.717) is 6.54 Å². The Hall–Kier alpha value is -2.17. The number of carbonyl (C=O) groups is 1. The number of likely N-dealkylation sites (N-methyl/N-ethyl adjacent to an activating group) is 1. The number of unbranched alkanes of at least 4 members (excludes halogenated alkanes) is 1. The molecule has 0 saturated carbocycles. The number of rotatable bonds is 8. The summed E-state index contributed by atoms with van der Waals surface area (Å²) >= 11 is 0. The summed E-state index contributed by atoms with van der Waals surface area (Å²) in [6, 6.07) is 17.4. The number of hydrogen-bond donors (Lipinski definition) is 0. The van der Waals surface area contributed by atoms with Crippen LogP contribution < -0.4 is 9.59 Å². The second-order valence-electron chi connectivity index (χ2n) is 8.16. The van der Waals surface area contributed by atoms with Gasteiger partial charge in [-0.05, 0) is 26.1 Å². The van der Waals surface area contributed by atoms with Crippen LogP contribution in [0.4, 0.5) is 16.2 Å². The van der Waals surface area contributed by atoms with Gasteiger partial charge in [0.2, 0.25) is 0 Å².